The number of pyridine rings is 1. The van der Waals surface area contributed by atoms with Gasteiger partial charge in [0.2, 0.25) is 0 Å². The summed E-state index contributed by atoms with van der Waals surface area (Å²) in [7, 11) is -3.82. The molecule has 8 heteroatoms. The number of aromatic nitrogens is 2. The first-order valence-corrected chi connectivity index (χ1v) is 11.0. The summed E-state index contributed by atoms with van der Waals surface area (Å²) in [5.74, 6) is 0. The fraction of sp³-hybridized carbons (Fsp3) is 0.333. The van der Waals surface area contributed by atoms with Gasteiger partial charge in [-0.05, 0) is 31.0 Å². The van der Waals surface area contributed by atoms with Gasteiger partial charge >= 0.3 is 0 Å². The molecule has 1 fully saturated rings. The summed E-state index contributed by atoms with van der Waals surface area (Å²) in [5.41, 5.74) is 3.37. The van der Waals surface area contributed by atoms with Crippen LogP contribution in [0.4, 0.5) is 5.69 Å². The molecule has 2 aromatic heterocycles. The maximum atomic E-state index is 13.4. The number of rotatable bonds is 5. The molecule has 1 aliphatic heterocycles. The molecule has 1 saturated heterocycles. The fourth-order valence-corrected chi connectivity index (χ4v) is 5.06. The third kappa shape index (κ3) is 3.32. The van der Waals surface area contributed by atoms with Crippen molar-refractivity contribution in [1.29, 1.82) is 0 Å². The third-order valence-electron chi connectivity index (χ3n) is 5.28. The van der Waals surface area contributed by atoms with Crippen molar-refractivity contribution in [3.05, 3.63) is 53.3 Å². The first kappa shape index (κ1) is 19.6. The first-order chi connectivity index (χ1) is 14.0. The molecule has 0 spiro atoms. The van der Waals surface area contributed by atoms with Crippen LogP contribution >= 0.6 is 0 Å². The standard InChI is InChI=1S/C21H23N3O4S/c1-3-16-13-24(29(26,27)18-6-4-15(2)5-7-18)21-19(16)20(17(14-25)12-22-21)23-8-10-28-11-9-23/h4-7,12-14H,3,8-11H2,1-2H3. The molecule has 152 valence electrons. The lowest BCUT2D eigenvalue weighted by Gasteiger charge is -2.30. The highest BCUT2D eigenvalue weighted by Gasteiger charge is 2.27. The molecule has 3 aromatic rings. The Balaban J connectivity index is 1.98. The van der Waals surface area contributed by atoms with Crippen molar-refractivity contribution in [2.24, 2.45) is 0 Å². The Kier molecular flexibility index (Phi) is 5.14. The Morgan fingerprint density at radius 3 is 2.48 bits per heavy atom. The number of hydrogen-bond acceptors (Lipinski definition) is 6. The van der Waals surface area contributed by atoms with Crippen LogP contribution in [0, 0.1) is 6.92 Å². The molecule has 0 bridgehead atoms. The zero-order valence-corrected chi connectivity index (χ0v) is 17.3. The summed E-state index contributed by atoms with van der Waals surface area (Å²) in [4.78, 5) is 18.4. The number of anilines is 1. The Morgan fingerprint density at radius 1 is 1.17 bits per heavy atom. The fourth-order valence-electron chi connectivity index (χ4n) is 3.73. The van der Waals surface area contributed by atoms with Crippen molar-refractivity contribution in [3.63, 3.8) is 0 Å². The molecule has 7 nitrogen and oxygen atoms in total. The van der Waals surface area contributed by atoms with Gasteiger partial charge in [0.25, 0.3) is 10.0 Å². The van der Waals surface area contributed by atoms with Crippen LogP contribution in [0.25, 0.3) is 11.0 Å². The lowest BCUT2D eigenvalue weighted by molar-refractivity contribution is 0.111. The smallest absolute Gasteiger partial charge is 0.269 e. The highest BCUT2D eigenvalue weighted by atomic mass is 32.2. The molecule has 0 unspecified atom stereocenters. The molecule has 0 atom stereocenters. The molecule has 0 N–H and O–H groups in total. The van der Waals surface area contributed by atoms with Crippen LogP contribution in [-0.4, -0.2) is 50.0 Å². The highest BCUT2D eigenvalue weighted by molar-refractivity contribution is 7.90. The van der Waals surface area contributed by atoms with E-state index in [2.05, 4.69) is 9.88 Å². The SMILES string of the molecule is CCc1cn(S(=O)(=O)c2ccc(C)cc2)c2ncc(C=O)c(N3CCOCC3)c12. The zero-order valence-electron chi connectivity index (χ0n) is 16.5. The summed E-state index contributed by atoms with van der Waals surface area (Å²) in [6, 6.07) is 6.75. The third-order valence-corrected chi connectivity index (χ3v) is 6.94. The topological polar surface area (TPSA) is 81.5 Å². The molecular weight excluding hydrogens is 390 g/mol. The maximum Gasteiger partial charge on any atom is 0.269 e. The van der Waals surface area contributed by atoms with Gasteiger partial charge in [0.15, 0.2) is 11.9 Å². The van der Waals surface area contributed by atoms with Crippen LogP contribution in [-0.2, 0) is 21.2 Å². The minimum atomic E-state index is -3.82. The van der Waals surface area contributed by atoms with Gasteiger partial charge < -0.3 is 9.64 Å². The highest BCUT2D eigenvalue weighted by Crippen LogP contribution is 2.35. The Hall–Kier alpha value is -2.71. The number of carbonyl (C=O) groups excluding carboxylic acids is 1. The molecule has 0 amide bonds. The van der Waals surface area contributed by atoms with Gasteiger partial charge in [0.05, 0.1) is 29.4 Å². The Morgan fingerprint density at radius 2 is 1.86 bits per heavy atom. The quantitative estimate of drug-likeness (QED) is 0.599. The lowest BCUT2D eigenvalue weighted by Crippen LogP contribution is -2.37. The summed E-state index contributed by atoms with van der Waals surface area (Å²) in [6.07, 6.45) is 4.49. The van der Waals surface area contributed by atoms with Gasteiger partial charge in [-0.3, -0.25) is 4.79 Å². The van der Waals surface area contributed by atoms with E-state index in [1.807, 2.05) is 13.8 Å². The molecule has 0 aliphatic carbocycles. The van der Waals surface area contributed by atoms with E-state index in [0.29, 0.717) is 43.9 Å². The summed E-state index contributed by atoms with van der Waals surface area (Å²) >= 11 is 0. The average molecular weight is 413 g/mol. The number of ether oxygens (including phenoxy) is 1. The van der Waals surface area contributed by atoms with Gasteiger partial charge in [-0.25, -0.2) is 17.4 Å². The van der Waals surface area contributed by atoms with Crippen molar-refractivity contribution in [2.75, 3.05) is 31.2 Å². The van der Waals surface area contributed by atoms with Gasteiger partial charge in [0, 0.05) is 30.9 Å². The van der Waals surface area contributed by atoms with E-state index in [1.165, 1.54) is 10.2 Å². The van der Waals surface area contributed by atoms with E-state index in [-0.39, 0.29) is 4.90 Å². The summed E-state index contributed by atoms with van der Waals surface area (Å²) < 4.78 is 33.4. The predicted octanol–water partition coefficient (Wildman–Crippen LogP) is 2.79. The molecule has 1 aromatic carbocycles. The number of benzene rings is 1. The number of nitrogens with zero attached hydrogens (tertiary/aromatic N) is 3. The number of aryl methyl sites for hydroxylation is 2. The van der Waals surface area contributed by atoms with Crippen LogP contribution in [0.3, 0.4) is 0 Å². The number of aldehydes is 1. The minimum Gasteiger partial charge on any atom is -0.378 e. The molecular formula is C21H23N3O4S. The van der Waals surface area contributed by atoms with E-state index >= 15 is 0 Å². The maximum absolute atomic E-state index is 13.4. The largest absolute Gasteiger partial charge is 0.378 e. The molecule has 3 heterocycles. The number of fused-ring (bicyclic) bond motifs is 1. The van der Waals surface area contributed by atoms with E-state index < -0.39 is 10.0 Å². The molecule has 0 radical (unpaired) electrons. The second-order valence-corrected chi connectivity index (χ2v) is 8.91. The van der Waals surface area contributed by atoms with E-state index in [9.17, 15) is 13.2 Å². The van der Waals surface area contributed by atoms with Crippen LogP contribution in [0.1, 0.15) is 28.4 Å². The number of morpholine rings is 1. The normalized spacial score (nSPS) is 15.0. The number of hydrogen-bond donors (Lipinski definition) is 0. The van der Waals surface area contributed by atoms with Crippen molar-refractivity contribution in [2.45, 2.75) is 25.2 Å². The molecule has 1 aliphatic rings. The van der Waals surface area contributed by atoms with Gasteiger partial charge in [-0.15, -0.1) is 0 Å². The minimum absolute atomic E-state index is 0.205. The predicted molar refractivity (Wildman–Crippen MR) is 111 cm³/mol. The molecule has 29 heavy (non-hydrogen) atoms. The summed E-state index contributed by atoms with van der Waals surface area (Å²) in [5, 5.41) is 0.717. The Bertz CT molecular complexity index is 1160. The second-order valence-electron chi connectivity index (χ2n) is 7.10. The average Bonchev–Trinajstić information content (AvgIpc) is 3.13. The molecule has 4 rings (SSSR count). The van der Waals surface area contributed by atoms with Crippen molar-refractivity contribution in [3.8, 4) is 0 Å². The zero-order chi connectivity index (χ0) is 20.6. The van der Waals surface area contributed by atoms with E-state index in [1.54, 1.807) is 30.5 Å². The molecule has 0 saturated carbocycles. The van der Waals surface area contributed by atoms with Gasteiger partial charge in [-0.2, -0.15) is 0 Å². The number of carbonyl (C=O) groups is 1. The van der Waals surface area contributed by atoms with E-state index in [4.69, 9.17) is 4.74 Å². The lowest BCUT2D eigenvalue weighted by atomic mass is 10.1. The monoisotopic (exact) mass is 413 g/mol. The summed E-state index contributed by atoms with van der Waals surface area (Å²) in [6.45, 7) is 6.28. The van der Waals surface area contributed by atoms with Gasteiger partial charge in [0.1, 0.15) is 0 Å². The van der Waals surface area contributed by atoms with Crippen LogP contribution in [0.5, 0.6) is 0 Å². The van der Waals surface area contributed by atoms with Crippen LogP contribution < -0.4 is 4.90 Å². The van der Waals surface area contributed by atoms with Crippen molar-refractivity contribution >= 4 is 33.0 Å². The first-order valence-electron chi connectivity index (χ1n) is 9.60. The van der Waals surface area contributed by atoms with Gasteiger partial charge in [-0.1, -0.05) is 24.6 Å². The Labute approximate surface area is 170 Å². The van der Waals surface area contributed by atoms with Crippen molar-refractivity contribution in [1.82, 2.24) is 8.96 Å². The second kappa shape index (κ2) is 7.61. The van der Waals surface area contributed by atoms with Crippen LogP contribution in [0.2, 0.25) is 0 Å². The van der Waals surface area contributed by atoms with E-state index in [0.717, 1.165) is 28.5 Å². The van der Waals surface area contributed by atoms with Crippen molar-refractivity contribution < 1.29 is 17.9 Å². The van der Waals surface area contributed by atoms with Crippen LogP contribution in [0.15, 0.2) is 41.6 Å².